The van der Waals surface area contributed by atoms with Crippen molar-refractivity contribution < 1.29 is 0 Å². The maximum Gasteiger partial charge on any atom is 0.150 e. The van der Waals surface area contributed by atoms with Gasteiger partial charge in [-0.2, -0.15) is 10.5 Å². The molecule has 2 rings (SSSR count). The first-order chi connectivity index (χ1) is 9.15. The number of benzene rings is 1. The Bertz CT molecular complexity index is 708. The zero-order valence-corrected chi connectivity index (χ0v) is 9.88. The van der Waals surface area contributed by atoms with Gasteiger partial charge in [0.25, 0.3) is 0 Å². The van der Waals surface area contributed by atoms with Gasteiger partial charge in [-0.3, -0.25) is 0 Å². The van der Waals surface area contributed by atoms with Crippen LogP contribution in [0.3, 0.4) is 0 Å². The Morgan fingerprint density at radius 3 is 2.37 bits per heavy atom. The van der Waals surface area contributed by atoms with Crippen LogP contribution >= 0.6 is 0 Å². The smallest absolute Gasteiger partial charge is 0.150 e. The number of para-hydroxylation sites is 2. The van der Waals surface area contributed by atoms with Crippen LogP contribution in [0.2, 0.25) is 0 Å². The molecule has 0 spiro atoms. The van der Waals surface area contributed by atoms with Crippen LogP contribution in [0, 0.1) is 22.7 Å². The number of nitrogen functional groups attached to an aromatic ring is 2. The van der Waals surface area contributed by atoms with Crippen molar-refractivity contribution in [1.29, 1.82) is 10.5 Å². The number of nitrogens with two attached hydrogens (primary N) is 2. The van der Waals surface area contributed by atoms with Crippen LogP contribution in [0.1, 0.15) is 11.1 Å². The quantitative estimate of drug-likeness (QED) is 0.697. The minimum atomic E-state index is 0.0681. The van der Waals surface area contributed by atoms with Gasteiger partial charge in [0.15, 0.2) is 5.82 Å². The topological polar surface area (TPSA) is 125 Å². The van der Waals surface area contributed by atoms with E-state index in [-0.39, 0.29) is 22.8 Å². The Morgan fingerprint density at radius 1 is 1.05 bits per heavy atom. The van der Waals surface area contributed by atoms with E-state index < -0.39 is 0 Å². The van der Waals surface area contributed by atoms with Crippen molar-refractivity contribution in [3.05, 3.63) is 41.5 Å². The highest BCUT2D eigenvalue weighted by atomic mass is 15.0. The van der Waals surface area contributed by atoms with Crippen molar-refractivity contribution in [3.63, 3.8) is 0 Å². The highest BCUT2D eigenvalue weighted by Gasteiger charge is 2.10. The monoisotopic (exact) mass is 250 g/mol. The second-order valence-corrected chi connectivity index (χ2v) is 3.75. The van der Waals surface area contributed by atoms with Crippen molar-refractivity contribution in [2.75, 3.05) is 16.8 Å². The standard InChI is InChI=1S/C13H10N6/c14-6-8-5-9(7-15)13(19-12(8)17)18-11-4-2-1-3-10(11)16/h1-5H,16H2,(H3,17,18,19). The molecule has 0 saturated carbocycles. The molecule has 0 radical (unpaired) electrons. The molecule has 6 heteroatoms. The Labute approximate surface area is 109 Å². The van der Waals surface area contributed by atoms with Crippen molar-refractivity contribution >= 4 is 23.0 Å². The third-order valence-electron chi connectivity index (χ3n) is 2.51. The largest absolute Gasteiger partial charge is 0.397 e. The van der Waals surface area contributed by atoms with E-state index in [0.717, 1.165) is 0 Å². The Hall–Kier alpha value is -3.25. The first kappa shape index (κ1) is 12.2. The third kappa shape index (κ3) is 2.38. The zero-order valence-electron chi connectivity index (χ0n) is 9.88. The molecule has 0 fully saturated rings. The van der Waals surface area contributed by atoms with Crippen LogP contribution in [-0.2, 0) is 0 Å². The average molecular weight is 250 g/mol. The first-order valence-corrected chi connectivity index (χ1v) is 5.38. The Morgan fingerprint density at radius 2 is 1.74 bits per heavy atom. The number of rotatable bonds is 2. The van der Waals surface area contributed by atoms with Crippen LogP contribution < -0.4 is 16.8 Å². The minimum Gasteiger partial charge on any atom is -0.397 e. The summed E-state index contributed by atoms with van der Waals surface area (Å²) >= 11 is 0. The molecular weight excluding hydrogens is 240 g/mol. The van der Waals surface area contributed by atoms with E-state index in [9.17, 15) is 0 Å². The summed E-state index contributed by atoms with van der Waals surface area (Å²) in [5.74, 6) is 0.343. The van der Waals surface area contributed by atoms with Crippen LogP contribution in [0.15, 0.2) is 30.3 Å². The number of anilines is 4. The molecule has 1 aromatic heterocycles. The summed E-state index contributed by atoms with van der Waals surface area (Å²) in [5.41, 5.74) is 13.0. The number of nitrogens with one attached hydrogen (secondary N) is 1. The average Bonchev–Trinajstić information content (AvgIpc) is 2.42. The second-order valence-electron chi connectivity index (χ2n) is 3.75. The maximum atomic E-state index is 9.07. The summed E-state index contributed by atoms with van der Waals surface area (Å²) in [6.07, 6.45) is 0. The molecule has 19 heavy (non-hydrogen) atoms. The summed E-state index contributed by atoms with van der Waals surface area (Å²) < 4.78 is 0. The van der Waals surface area contributed by atoms with Crippen molar-refractivity contribution in [2.45, 2.75) is 0 Å². The van der Waals surface area contributed by atoms with E-state index in [1.54, 1.807) is 24.3 Å². The number of nitriles is 2. The third-order valence-corrected chi connectivity index (χ3v) is 2.51. The van der Waals surface area contributed by atoms with Crippen LogP contribution in [0.4, 0.5) is 23.0 Å². The van der Waals surface area contributed by atoms with E-state index in [1.807, 2.05) is 12.1 Å². The Balaban J connectivity index is 2.47. The van der Waals surface area contributed by atoms with Gasteiger partial charge in [0.1, 0.15) is 18.0 Å². The summed E-state index contributed by atoms with van der Waals surface area (Å²) in [4.78, 5) is 4.02. The molecule has 0 aliphatic rings. The summed E-state index contributed by atoms with van der Waals surface area (Å²) in [7, 11) is 0. The predicted octanol–water partition coefficient (Wildman–Crippen LogP) is 1.73. The molecule has 92 valence electrons. The van der Waals surface area contributed by atoms with Crippen LogP contribution in [-0.4, -0.2) is 4.98 Å². The molecule has 0 aliphatic carbocycles. The summed E-state index contributed by atoms with van der Waals surface area (Å²) in [6.45, 7) is 0. The normalized spacial score (nSPS) is 9.37. The van der Waals surface area contributed by atoms with E-state index >= 15 is 0 Å². The molecule has 0 atom stereocenters. The molecule has 1 aromatic carbocycles. The van der Waals surface area contributed by atoms with E-state index in [4.69, 9.17) is 22.0 Å². The maximum absolute atomic E-state index is 9.07. The summed E-state index contributed by atoms with van der Waals surface area (Å²) in [6, 6.07) is 12.3. The van der Waals surface area contributed by atoms with Crippen molar-refractivity contribution in [1.82, 2.24) is 4.98 Å². The molecule has 6 nitrogen and oxygen atoms in total. The lowest BCUT2D eigenvalue weighted by atomic mass is 10.2. The minimum absolute atomic E-state index is 0.0681. The van der Waals surface area contributed by atoms with E-state index in [0.29, 0.717) is 11.4 Å². The number of hydrogen-bond acceptors (Lipinski definition) is 6. The molecular formula is C13H10N6. The Kier molecular flexibility index (Phi) is 3.18. The van der Waals surface area contributed by atoms with Crippen LogP contribution in [0.25, 0.3) is 0 Å². The fourth-order valence-corrected chi connectivity index (χ4v) is 1.54. The molecule has 0 bridgehead atoms. The van der Waals surface area contributed by atoms with E-state index in [2.05, 4.69) is 10.3 Å². The SMILES string of the molecule is N#Cc1cc(C#N)c(Nc2ccccc2N)nc1N. The van der Waals surface area contributed by atoms with Gasteiger partial charge in [0.2, 0.25) is 0 Å². The predicted molar refractivity (Wildman–Crippen MR) is 72.2 cm³/mol. The van der Waals surface area contributed by atoms with Gasteiger partial charge in [-0.25, -0.2) is 4.98 Å². The zero-order chi connectivity index (χ0) is 13.8. The summed E-state index contributed by atoms with van der Waals surface area (Å²) in [5, 5.41) is 20.8. The molecule has 0 amide bonds. The van der Waals surface area contributed by atoms with Gasteiger partial charge < -0.3 is 16.8 Å². The highest BCUT2D eigenvalue weighted by Crippen LogP contribution is 2.25. The number of pyridine rings is 1. The molecule has 5 N–H and O–H groups in total. The van der Waals surface area contributed by atoms with Gasteiger partial charge in [0.05, 0.1) is 22.5 Å². The van der Waals surface area contributed by atoms with Gasteiger partial charge in [-0.1, -0.05) is 12.1 Å². The van der Waals surface area contributed by atoms with Gasteiger partial charge in [-0.05, 0) is 18.2 Å². The van der Waals surface area contributed by atoms with E-state index in [1.165, 1.54) is 6.07 Å². The van der Waals surface area contributed by atoms with Crippen molar-refractivity contribution in [3.8, 4) is 12.1 Å². The molecule has 0 aliphatic heterocycles. The van der Waals surface area contributed by atoms with Gasteiger partial charge >= 0.3 is 0 Å². The second kappa shape index (κ2) is 4.94. The van der Waals surface area contributed by atoms with Gasteiger partial charge in [0, 0.05) is 0 Å². The van der Waals surface area contributed by atoms with Gasteiger partial charge in [-0.15, -0.1) is 0 Å². The lowest BCUT2D eigenvalue weighted by Crippen LogP contribution is -2.04. The highest BCUT2D eigenvalue weighted by molar-refractivity contribution is 5.74. The lowest BCUT2D eigenvalue weighted by molar-refractivity contribution is 1.27. The van der Waals surface area contributed by atoms with Crippen molar-refractivity contribution in [2.24, 2.45) is 0 Å². The molecule has 2 aromatic rings. The fraction of sp³-hybridized carbons (Fsp3) is 0. The number of hydrogen-bond donors (Lipinski definition) is 3. The molecule has 0 saturated heterocycles. The molecule has 0 unspecified atom stereocenters. The number of aromatic nitrogens is 1. The lowest BCUT2D eigenvalue weighted by Gasteiger charge is -2.10. The fourth-order valence-electron chi connectivity index (χ4n) is 1.54. The molecule has 1 heterocycles. The van der Waals surface area contributed by atoms with Crippen LogP contribution in [0.5, 0.6) is 0 Å². The first-order valence-electron chi connectivity index (χ1n) is 5.38. The number of nitrogens with zero attached hydrogens (tertiary/aromatic N) is 3.